The Labute approximate surface area is 135 Å². The van der Waals surface area contributed by atoms with Gasteiger partial charge in [-0.05, 0) is 18.2 Å². The minimum Gasteiger partial charge on any atom is -0.311 e. The summed E-state index contributed by atoms with van der Waals surface area (Å²) < 4.78 is 0.745. The van der Waals surface area contributed by atoms with Crippen LogP contribution in [0.4, 0.5) is 5.69 Å². The van der Waals surface area contributed by atoms with Gasteiger partial charge in [0, 0.05) is 17.3 Å². The molecule has 0 fully saturated rings. The van der Waals surface area contributed by atoms with Crippen molar-refractivity contribution in [1.82, 2.24) is 10.2 Å². The summed E-state index contributed by atoms with van der Waals surface area (Å²) >= 11 is 8.68. The summed E-state index contributed by atoms with van der Waals surface area (Å²) in [5, 5.41) is 16.9. The maximum atomic E-state index is 12.4. The lowest BCUT2D eigenvalue weighted by Crippen LogP contribution is -2.33. The Morgan fingerprint density at radius 2 is 2.38 bits per heavy atom. The van der Waals surface area contributed by atoms with Crippen molar-refractivity contribution in [2.24, 2.45) is 0 Å². The van der Waals surface area contributed by atoms with Crippen LogP contribution in [0.1, 0.15) is 6.42 Å². The van der Waals surface area contributed by atoms with E-state index in [4.69, 9.17) is 16.9 Å². The van der Waals surface area contributed by atoms with Crippen LogP contribution in [0.5, 0.6) is 0 Å². The van der Waals surface area contributed by atoms with Crippen LogP contribution in [0.25, 0.3) is 0 Å². The first kappa shape index (κ1) is 15.8. The third-order valence-electron chi connectivity index (χ3n) is 2.53. The molecule has 0 saturated carbocycles. The summed E-state index contributed by atoms with van der Waals surface area (Å²) in [6.07, 6.45) is 0.266. The number of benzene rings is 1. The Balaban J connectivity index is 2.07. The van der Waals surface area contributed by atoms with Crippen LogP contribution in [-0.2, 0) is 4.79 Å². The number of hydrogen-bond donors (Lipinski definition) is 0. The molecule has 0 unspecified atom stereocenters. The van der Waals surface area contributed by atoms with Gasteiger partial charge in [0.2, 0.25) is 5.91 Å². The molecule has 0 bridgehead atoms. The van der Waals surface area contributed by atoms with Gasteiger partial charge in [-0.3, -0.25) is 4.79 Å². The van der Waals surface area contributed by atoms with Crippen molar-refractivity contribution in [2.75, 3.05) is 17.2 Å². The summed E-state index contributed by atoms with van der Waals surface area (Å²) in [6.45, 7) is 0.340. The topological polar surface area (TPSA) is 69.9 Å². The number of nitriles is 1. The molecule has 1 heterocycles. The van der Waals surface area contributed by atoms with Crippen LogP contribution in [0.3, 0.4) is 0 Å². The highest BCUT2D eigenvalue weighted by Crippen LogP contribution is 2.23. The van der Waals surface area contributed by atoms with Gasteiger partial charge in [-0.25, -0.2) is 0 Å². The number of carbonyl (C=O) groups is 1. The van der Waals surface area contributed by atoms with Crippen LogP contribution in [-0.4, -0.2) is 28.4 Å². The highest BCUT2D eigenvalue weighted by atomic mass is 35.5. The molecule has 0 aliphatic rings. The predicted molar refractivity (Wildman–Crippen MR) is 84.7 cm³/mol. The molecule has 1 aromatic heterocycles. The average molecular weight is 339 g/mol. The van der Waals surface area contributed by atoms with Gasteiger partial charge in [-0.1, -0.05) is 40.8 Å². The second-order valence-corrected chi connectivity index (χ2v) is 6.42. The zero-order chi connectivity index (χ0) is 15.1. The summed E-state index contributed by atoms with van der Waals surface area (Å²) in [5.74, 6) is 0.153. The van der Waals surface area contributed by atoms with E-state index in [-0.39, 0.29) is 18.1 Å². The number of carbonyl (C=O) groups excluding carboxylic acids is 1. The van der Waals surface area contributed by atoms with Crippen LogP contribution in [0, 0.1) is 11.3 Å². The summed E-state index contributed by atoms with van der Waals surface area (Å²) in [6, 6.07) is 9.09. The number of amides is 1. The Hall–Kier alpha value is -1.62. The van der Waals surface area contributed by atoms with E-state index in [2.05, 4.69) is 16.3 Å². The summed E-state index contributed by atoms with van der Waals surface area (Å²) in [7, 11) is 0. The Kier molecular flexibility index (Phi) is 5.99. The van der Waals surface area contributed by atoms with Gasteiger partial charge in [0.15, 0.2) is 4.34 Å². The van der Waals surface area contributed by atoms with Crippen molar-refractivity contribution in [3.63, 3.8) is 0 Å². The second-order valence-electron chi connectivity index (χ2n) is 3.93. The first-order valence-corrected chi connectivity index (χ1v) is 8.27. The fourth-order valence-electron chi connectivity index (χ4n) is 1.63. The van der Waals surface area contributed by atoms with E-state index < -0.39 is 0 Å². The smallest absolute Gasteiger partial charge is 0.237 e. The Morgan fingerprint density at radius 1 is 1.52 bits per heavy atom. The minimum absolute atomic E-state index is 0.0901. The molecule has 0 spiro atoms. The fourth-order valence-corrected chi connectivity index (χ4v) is 3.18. The molecule has 1 amide bonds. The molecule has 21 heavy (non-hydrogen) atoms. The van der Waals surface area contributed by atoms with E-state index in [1.165, 1.54) is 23.1 Å². The molecule has 0 N–H and O–H groups in total. The van der Waals surface area contributed by atoms with E-state index in [0.29, 0.717) is 17.3 Å². The van der Waals surface area contributed by atoms with Crippen LogP contribution in [0.2, 0.25) is 5.02 Å². The van der Waals surface area contributed by atoms with E-state index >= 15 is 0 Å². The van der Waals surface area contributed by atoms with Gasteiger partial charge in [-0.2, -0.15) is 5.26 Å². The Bertz CT molecular complexity index is 642. The van der Waals surface area contributed by atoms with Gasteiger partial charge < -0.3 is 4.90 Å². The van der Waals surface area contributed by atoms with Gasteiger partial charge in [0.25, 0.3) is 0 Å². The number of halogens is 1. The predicted octanol–water partition coefficient (Wildman–Crippen LogP) is 3.23. The molecular formula is C13H11ClN4OS2. The molecule has 0 aliphatic heterocycles. The molecule has 8 heteroatoms. The maximum Gasteiger partial charge on any atom is 0.237 e. The molecule has 2 aromatic rings. The van der Waals surface area contributed by atoms with Gasteiger partial charge in [0.1, 0.15) is 5.51 Å². The highest BCUT2D eigenvalue weighted by Gasteiger charge is 2.16. The second kappa shape index (κ2) is 7.98. The lowest BCUT2D eigenvalue weighted by molar-refractivity contribution is -0.116. The van der Waals surface area contributed by atoms with Crippen molar-refractivity contribution in [3.05, 3.63) is 34.8 Å². The van der Waals surface area contributed by atoms with E-state index in [1.54, 1.807) is 34.7 Å². The lowest BCUT2D eigenvalue weighted by atomic mass is 10.2. The first-order chi connectivity index (χ1) is 10.2. The largest absolute Gasteiger partial charge is 0.311 e. The van der Waals surface area contributed by atoms with Crippen LogP contribution < -0.4 is 4.90 Å². The lowest BCUT2D eigenvalue weighted by Gasteiger charge is -2.21. The molecular weight excluding hydrogens is 328 g/mol. The van der Waals surface area contributed by atoms with Crippen LogP contribution in [0.15, 0.2) is 34.1 Å². The molecule has 0 saturated heterocycles. The molecule has 108 valence electrons. The maximum absolute atomic E-state index is 12.4. The normalized spacial score (nSPS) is 10.1. The number of aromatic nitrogens is 2. The quantitative estimate of drug-likeness (QED) is 0.756. The van der Waals surface area contributed by atoms with Crippen molar-refractivity contribution in [3.8, 4) is 6.07 Å². The van der Waals surface area contributed by atoms with E-state index in [0.717, 1.165) is 4.34 Å². The molecule has 5 nitrogen and oxygen atoms in total. The fraction of sp³-hybridized carbons (Fsp3) is 0.231. The number of anilines is 1. The van der Waals surface area contributed by atoms with E-state index in [1.807, 2.05) is 0 Å². The van der Waals surface area contributed by atoms with Gasteiger partial charge in [0.05, 0.1) is 18.2 Å². The summed E-state index contributed by atoms with van der Waals surface area (Å²) in [4.78, 5) is 13.9. The third kappa shape index (κ3) is 4.70. The number of hydrogen-bond acceptors (Lipinski definition) is 6. The first-order valence-electron chi connectivity index (χ1n) is 6.02. The number of rotatable bonds is 6. The number of nitrogens with zero attached hydrogens (tertiary/aromatic N) is 4. The SMILES string of the molecule is N#CCCN(C(=O)CSc1nncs1)c1cccc(Cl)c1. The third-order valence-corrected chi connectivity index (χ3v) is 4.61. The van der Waals surface area contributed by atoms with Gasteiger partial charge >= 0.3 is 0 Å². The van der Waals surface area contributed by atoms with Crippen molar-refractivity contribution >= 4 is 46.3 Å². The number of thioether (sulfide) groups is 1. The molecule has 0 aliphatic carbocycles. The Morgan fingerprint density at radius 3 is 3.05 bits per heavy atom. The monoisotopic (exact) mass is 338 g/mol. The van der Waals surface area contributed by atoms with Crippen molar-refractivity contribution in [2.45, 2.75) is 10.8 Å². The van der Waals surface area contributed by atoms with Crippen LogP contribution >= 0.6 is 34.7 Å². The van der Waals surface area contributed by atoms with Crippen molar-refractivity contribution < 1.29 is 4.79 Å². The zero-order valence-corrected chi connectivity index (χ0v) is 13.3. The molecule has 1 aromatic carbocycles. The van der Waals surface area contributed by atoms with Gasteiger partial charge in [-0.15, -0.1) is 10.2 Å². The molecule has 0 radical (unpaired) electrons. The van der Waals surface area contributed by atoms with E-state index in [9.17, 15) is 4.79 Å². The highest BCUT2D eigenvalue weighted by molar-refractivity contribution is 8.01. The summed E-state index contributed by atoms with van der Waals surface area (Å²) in [5.41, 5.74) is 2.32. The molecule has 0 atom stereocenters. The molecule has 2 rings (SSSR count). The van der Waals surface area contributed by atoms with Crippen molar-refractivity contribution in [1.29, 1.82) is 5.26 Å². The minimum atomic E-state index is -0.0901. The standard InChI is InChI=1S/C13H11ClN4OS2/c14-10-3-1-4-11(7-10)18(6-2-5-15)12(19)8-20-13-17-16-9-21-13/h1,3-4,7,9H,2,6,8H2. The zero-order valence-electron chi connectivity index (χ0n) is 10.9. The average Bonchev–Trinajstić information content (AvgIpc) is 2.99.